The number of ether oxygens (including phenoxy) is 1. The van der Waals surface area contributed by atoms with E-state index in [1.165, 1.54) is 0 Å². The molecule has 0 aliphatic heterocycles. The Kier molecular flexibility index (Phi) is 6.17. The topological polar surface area (TPSA) is 53.2 Å². The maximum atomic E-state index is 8.13. The van der Waals surface area contributed by atoms with Crippen molar-refractivity contribution in [3.8, 4) is 17.9 Å². The molecule has 9 heavy (non-hydrogen) atoms. The summed E-state index contributed by atoms with van der Waals surface area (Å²) in [5.41, 5.74) is 0. The average Bonchev–Trinajstić information content (AvgIpc) is 1.89. The Bertz CT molecular complexity index is 149. The number of rotatable bonds is 2. The molecule has 0 fully saturated rings. The van der Waals surface area contributed by atoms with Crippen molar-refractivity contribution >= 4 is 0 Å². The van der Waals surface area contributed by atoms with Gasteiger partial charge >= 0.3 is 0 Å². The molecular formula is C6H7NO2. The first-order valence-corrected chi connectivity index (χ1v) is 2.43. The fraction of sp³-hybridized carbons (Fsp3) is 0.500. The zero-order valence-corrected chi connectivity index (χ0v) is 4.92. The van der Waals surface area contributed by atoms with E-state index in [-0.39, 0.29) is 19.8 Å². The highest BCUT2D eigenvalue weighted by atomic mass is 16.5. The van der Waals surface area contributed by atoms with Crippen molar-refractivity contribution in [2.45, 2.75) is 0 Å². The van der Waals surface area contributed by atoms with Gasteiger partial charge in [0, 0.05) is 0 Å². The summed E-state index contributed by atoms with van der Waals surface area (Å²) in [6.45, 7) is 0.115. The fourth-order valence-corrected chi connectivity index (χ4v) is 0.255. The molecule has 0 rings (SSSR count). The SMILES string of the molecule is N#CCOCC#CCO. The molecule has 0 aliphatic rings. The van der Waals surface area contributed by atoms with Crippen LogP contribution in [0.5, 0.6) is 0 Å². The molecule has 0 radical (unpaired) electrons. The van der Waals surface area contributed by atoms with Crippen molar-refractivity contribution in [1.29, 1.82) is 5.26 Å². The molecule has 3 nitrogen and oxygen atoms in total. The van der Waals surface area contributed by atoms with Gasteiger partial charge in [-0.1, -0.05) is 11.8 Å². The predicted octanol–water partition coefficient (Wildman–Crippen LogP) is -0.478. The summed E-state index contributed by atoms with van der Waals surface area (Å²) in [5.74, 6) is 4.87. The lowest BCUT2D eigenvalue weighted by molar-refractivity contribution is 0.203. The quantitative estimate of drug-likeness (QED) is 0.400. The van der Waals surface area contributed by atoms with Crippen molar-refractivity contribution in [2.24, 2.45) is 0 Å². The van der Waals surface area contributed by atoms with Gasteiger partial charge in [0.1, 0.15) is 19.8 Å². The Morgan fingerprint density at radius 3 is 2.67 bits per heavy atom. The summed E-state index contributed by atoms with van der Waals surface area (Å²) in [5, 5.41) is 16.1. The minimum absolute atomic E-state index is 0.0557. The van der Waals surface area contributed by atoms with Crippen LogP contribution in [0, 0.1) is 23.2 Å². The number of nitrogens with zero attached hydrogens (tertiary/aromatic N) is 1. The lowest BCUT2D eigenvalue weighted by atomic mass is 10.6. The zero-order chi connectivity index (χ0) is 6.95. The number of aliphatic hydroxyl groups excluding tert-OH is 1. The van der Waals surface area contributed by atoms with E-state index in [1.807, 2.05) is 0 Å². The molecule has 0 aromatic heterocycles. The Hall–Kier alpha value is -1.03. The van der Waals surface area contributed by atoms with Crippen LogP contribution in [0.25, 0.3) is 0 Å². The summed E-state index contributed by atoms with van der Waals surface area (Å²) in [4.78, 5) is 0. The van der Waals surface area contributed by atoms with Gasteiger partial charge in [-0.15, -0.1) is 0 Å². The van der Waals surface area contributed by atoms with Crippen LogP contribution in [0.3, 0.4) is 0 Å². The number of nitriles is 1. The second kappa shape index (κ2) is 6.97. The summed E-state index contributed by atoms with van der Waals surface area (Å²) in [6, 6.07) is 1.79. The molecule has 0 saturated carbocycles. The van der Waals surface area contributed by atoms with Crippen LogP contribution in [0.4, 0.5) is 0 Å². The summed E-state index contributed by atoms with van der Waals surface area (Å²) in [7, 11) is 0. The highest BCUT2D eigenvalue weighted by Crippen LogP contribution is 1.67. The molecule has 3 heteroatoms. The Balaban J connectivity index is 3.01. The van der Waals surface area contributed by atoms with Crippen LogP contribution in [-0.2, 0) is 4.74 Å². The maximum absolute atomic E-state index is 8.13. The van der Waals surface area contributed by atoms with Crippen LogP contribution in [0.1, 0.15) is 0 Å². The molecule has 0 spiro atoms. The summed E-state index contributed by atoms with van der Waals surface area (Å²) < 4.78 is 4.64. The van der Waals surface area contributed by atoms with Crippen LogP contribution in [0.15, 0.2) is 0 Å². The van der Waals surface area contributed by atoms with Crippen molar-refractivity contribution in [2.75, 3.05) is 19.8 Å². The van der Waals surface area contributed by atoms with Gasteiger partial charge < -0.3 is 9.84 Å². The normalized spacial score (nSPS) is 7.11. The summed E-state index contributed by atoms with van der Waals surface area (Å²) in [6.07, 6.45) is 0. The first kappa shape index (κ1) is 7.97. The van der Waals surface area contributed by atoms with Crippen molar-refractivity contribution in [1.82, 2.24) is 0 Å². The number of hydrogen-bond acceptors (Lipinski definition) is 3. The van der Waals surface area contributed by atoms with Crippen LogP contribution >= 0.6 is 0 Å². The second-order valence-corrected chi connectivity index (χ2v) is 1.16. The van der Waals surface area contributed by atoms with E-state index < -0.39 is 0 Å². The molecule has 0 aromatic rings. The highest BCUT2D eigenvalue weighted by Gasteiger charge is 1.75. The second-order valence-electron chi connectivity index (χ2n) is 1.16. The lowest BCUT2D eigenvalue weighted by Gasteiger charge is -1.85. The van der Waals surface area contributed by atoms with E-state index >= 15 is 0 Å². The smallest absolute Gasteiger partial charge is 0.134 e. The van der Waals surface area contributed by atoms with E-state index in [9.17, 15) is 0 Å². The highest BCUT2D eigenvalue weighted by molar-refractivity contribution is 4.98. The molecule has 0 saturated heterocycles. The van der Waals surface area contributed by atoms with E-state index in [0.717, 1.165) is 0 Å². The molecule has 0 bridgehead atoms. The van der Waals surface area contributed by atoms with Crippen LogP contribution in [-0.4, -0.2) is 24.9 Å². The third-order valence-electron chi connectivity index (χ3n) is 0.545. The monoisotopic (exact) mass is 125 g/mol. The number of hydrogen-bond donors (Lipinski definition) is 1. The largest absolute Gasteiger partial charge is 0.384 e. The minimum Gasteiger partial charge on any atom is -0.384 e. The van der Waals surface area contributed by atoms with Gasteiger partial charge in [-0.3, -0.25) is 0 Å². The Morgan fingerprint density at radius 2 is 2.11 bits per heavy atom. The molecule has 1 N–H and O–H groups in total. The molecule has 0 amide bonds. The van der Waals surface area contributed by atoms with Gasteiger partial charge in [-0.25, -0.2) is 0 Å². The molecule has 48 valence electrons. The van der Waals surface area contributed by atoms with E-state index in [4.69, 9.17) is 10.4 Å². The van der Waals surface area contributed by atoms with E-state index in [1.54, 1.807) is 6.07 Å². The molecule has 0 unspecified atom stereocenters. The molecule has 0 heterocycles. The Labute approximate surface area is 53.9 Å². The summed E-state index contributed by atoms with van der Waals surface area (Å²) >= 11 is 0. The van der Waals surface area contributed by atoms with Gasteiger partial charge in [-0.05, 0) is 0 Å². The molecular weight excluding hydrogens is 118 g/mol. The van der Waals surface area contributed by atoms with Gasteiger partial charge in [0.2, 0.25) is 0 Å². The molecule has 0 atom stereocenters. The van der Waals surface area contributed by atoms with Gasteiger partial charge in [-0.2, -0.15) is 5.26 Å². The third kappa shape index (κ3) is 6.97. The van der Waals surface area contributed by atoms with Crippen LogP contribution in [0.2, 0.25) is 0 Å². The van der Waals surface area contributed by atoms with Gasteiger partial charge in [0.15, 0.2) is 0 Å². The molecule has 0 aliphatic carbocycles. The van der Waals surface area contributed by atoms with Crippen LogP contribution < -0.4 is 0 Å². The average molecular weight is 125 g/mol. The third-order valence-corrected chi connectivity index (χ3v) is 0.545. The maximum Gasteiger partial charge on any atom is 0.134 e. The standard InChI is InChI=1S/C6H7NO2/c7-3-6-9-5-2-1-4-8/h8H,4-6H2. The van der Waals surface area contributed by atoms with Gasteiger partial charge in [0.25, 0.3) is 0 Å². The van der Waals surface area contributed by atoms with Crippen molar-refractivity contribution < 1.29 is 9.84 Å². The Morgan fingerprint density at radius 1 is 1.33 bits per heavy atom. The first-order valence-electron chi connectivity index (χ1n) is 2.43. The van der Waals surface area contributed by atoms with Crippen molar-refractivity contribution in [3.63, 3.8) is 0 Å². The molecule has 0 aromatic carbocycles. The van der Waals surface area contributed by atoms with Crippen molar-refractivity contribution in [3.05, 3.63) is 0 Å². The first-order chi connectivity index (χ1) is 4.41. The fourth-order valence-electron chi connectivity index (χ4n) is 0.255. The van der Waals surface area contributed by atoms with E-state index in [2.05, 4.69) is 16.6 Å². The lowest BCUT2D eigenvalue weighted by Crippen LogP contribution is -1.90. The zero-order valence-electron chi connectivity index (χ0n) is 4.92. The van der Waals surface area contributed by atoms with E-state index in [0.29, 0.717) is 0 Å². The minimum atomic E-state index is -0.157. The van der Waals surface area contributed by atoms with Gasteiger partial charge in [0.05, 0.1) is 6.07 Å². The number of aliphatic hydroxyl groups is 1. The predicted molar refractivity (Wildman–Crippen MR) is 31.3 cm³/mol.